The first-order chi connectivity index (χ1) is 10.2. The average Bonchev–Trinajstić information content (AvgIpc) is 2.49. The van der Waals surface area contributed by atoms with Gasteiger partial charge in [0.05, 0.1) is 12.8 Å². The Morgan fingerprint density at radius 3 is 2.05 bits per heavy atom. The van der Waals surface area contributed by atoms with E-state index in [1.165, 1.54) is 4.90 Å². The first kappa shape index (κ1) is 14.8. The van der Waals surface area contributed by atoms with Gasteiger partial charge >= 0.3 is 5.97 Å². The Bertz CT molecular complexity index is 596. The molecule has 4 heteroatoms. The van der Waals surface area contributed by atoms with Crippen LogP contribution >= 0.6 is 0 Å². The maximum Gasteiger partial charge on any atom is 0.305 e. The zero-order valence-corrected chi connectivity index (χ0v) is 11.6. The molecule has 2 rings (SSSR count). The molecule has 0 atom stereocenters. The number of hydrogen-bond donors (Lipinski definition) is 1. The van der Waals surface area contributed by atoms with Crippen molar-refractivity contribution in [3.05, 3.63) is 66.2 Å². The third-order valence-electron chi connectivity index (χ3n) is 3.12. The van der Waals surface area contributed by atoms with E-state index in [-0.39, 0.29) is 25.3 Å². The molecule has 0 aliphatic heterocycles. The first-order valence-corrected chi connectivity index (χ1v) is 6.78. The van der Waals surface area contributed by atoms with E-state index in [1.807, 2.05) is 60.7 Å². The molecule has 0 aliphatic carbocycles. The maximum atomic E-state index is 12.5. The SMILES string of the molecule is O=C(O)CCN(C(=O)Cc1ccccc1)c1ccccc1. The van der Waals surface area contributed by atoms with Crippen LogP contribution in [0, 0.1) is 0 Å². The van der Waals surface area contributed by atoms with Gasteiger partial charge in [-0.15, -0.1) is 0 Å². The van der Waals surface area contributed by atoms with Crippen molar-refractivity contribution in [3.8, 4) is 0 Å². The number of para-hydroxylation sites is 1. The molecule has 2 aromatic rings. The summed E-state index contributed by atoms with van der Waals surface area (Å²) in [6.07, 6.45) is 0.185. The number of anilines is 1. The fourth-order valence-electron chi connectivity index (χ4n) is 2.08. The average molecular weight is 283 g/mol. The Morgan fingerprint density at radius 1 is 0.905 bits per heavy atom. The van der Waals surface area contributed by atoms with Gasteiger partial charge in [-0.1, -0.05) is 48.5 Å². The molecule has 4 nitrogen and oxygen atoms in total. The molecule has 0 radical (unpaired) electrons. The van der Waals surface area contributed by atoms with Gasteiger partial charge in [-0.05, 0) is 17.7 Å². The number of carboxylic acid groups (broad SMARTS) is 1. The molecule has 0 spiro atoms. The van der Waals surface area contributed by atoms with Gasteiger partial charge in [0.1, 0.15) is 0 Å². The molecule has 1 amide bonds. The van der Waals surface area contributed by atoms with Crippen molar-refractivity contribution in [1.29, 1.82) is 0 Å². The summed E-state index contributed by atoms with van der Waals surface area (Å²) in [4.78, 5) is 24.8. The monoisotopic (exact) mass is 283 g/mol. The molecule has 108 valence electrons. The Kier molecular flexibility index (Phi) is 5.10. The normalized spacial score (nSPS) is 10.1. The zero-order chi connectivity index (χ0) is 15.1. The van der Waals surface area contributed by atoms with E-state index >= 15 is 0 Å². The molecule has 0 saturated heterocycles. The highest BCUT2D eigenvalue weighted by molar-refractivity contribution is 5.95. The number of carboxylic acids is 1. The minimum Gasteiger partial charge on any atom is -0.481 e. The summed E-state index contributed by atoms with van der Waals surface area (Å²) < 4.78 is 0. The largest absolute Gasteiger partial charge is 0.481 e. The molecule has 1 N–H and O–H groups in total. The van der Waals surface area contributed by atoms with E-state index in [0.29, 0.717) is 0 Å². The number of hydrogen-bond acceptors (Lipinski definition) is 2. The van der Waals surface area contributed by atoms with E-state index < -0.39 is 5.97 Å². The molecule has 0 saturated carbocycles. The summed E-state index contributed by atoms with van der Waals surface area (Å²) >= 11 is 0. The molecular formula is C17H17NO3. The van der Waals surface area contributed by atoms with Crippen LogP contribution in [0.15, 0.2) is 60.7 Å². The highest BCUT2D eigenvalue weighted by atomic mass is 16.4. The minimum atomic E-state index is -0.913. The standard InChI is InChI=1S/C17H17NO3/c19-16(13-14-7-3-1-4-8-14)18(12-11-17(20)21)15-9-5-2-6-10-15/h1-10H,11-13H2,(H,20,21). The predicted octanol–water partition coefficient (Wildman–Crippen LogP) is 2.74. The number of carbonyl (C=O) groups excluding carboxylic acids is 1. The Balaban J connectivity index is 2.14. The maximum absolute atomic E-state index is 12.5. The lowest BCUT2D eigenvalue weighted by molar-refractivity contribution is -0.136. The summed E-state index contributed by atoms with van der Waals surface area (Å²) in [6, 6.07) is 18.6. The van der Waals surface area contributed by atoms with E-state index in [0.717, 1.165) is 11.3 Å². The van der Waals surface area contributed by atoms with Crippen LogP contribution in [0.2, 0.25) is 0 Å². The smallest absolute Gasteiger partial charge is 0.305 e. The van der Waals surface area contributed by atoms with Crippen LogP contribution in [0.1, 0.15) is 12.0 Å². The number of aliphatic carboxylic acids is 1. The lowest BCUT2D eigenvalue weighted by Gasteiger charge is -2.22. The van der Waals surface area contributed by atoms with E-state index in [2.05, 4.69) is 0 Å². The van der Waals surface area contributed by atoms with Gasteiger partial charge in [-0.3, -0.25) is 9.59 Å². The van der Waals surface area contributed by atoms with Gasteiger partial charge in [-0.25, -0.2) is 0 Å². The lowest BCUT2D eigenvalue weighted by atomic mass is 10.1. The van der Waals surface area contributed by atoms with Crippen molar-refractivity contribution in [3.63, 3.8) is 0 Å². The van der Waals surface area contributed by atoms with Crippen molar-refractivity contribution in [2.75, 3.05) is 11.4 Å². The van der Waals surface area contributed by atoms with Crippen molar-refractivity contribution < 1.29 is 14.7 Å². The zero-order valence-electron chi connectivity index (χ0n) is 11.6. The predicted molar refractivity (Wildman–Crippen MR) is 81.2 cm³/mol. The van der Waals surface area contributed by atoms with Crippen LogP contribution in [0.5, 0.6) is 0 Å². The summed E-state index contributed by atoms with van der Waals surface area (Å²) in [5.74, 6) is -1.02. The third-order valence-corrected chi connectivity index (χ3v) is 3.12. The van der Waals surface area contributed by atoms with Gasteiger partial charge in [0, 0.05) is 12.2 Å². The summed E-state index contributed by atoms with van der Waals surface area (Å²) in [6.45, 7) is 0.172. The Morgan fingerprint density at radius 2 is 1.48 bits per heavy atom. The lowest BCUT2D eigenvalue weighted by Crippen LogP contribution is -2.34. The quantitative estimate of drug-likeness (QED) is 0.886. The number of carbonyl (C=O) groups is 2. The highest BCUT2D eigenvalue weighted by Crippen LogP contribution is 2.15. The molecule has 2 aromatic carbocycles. The molecule has 0 unspecified atom stereocenters. The van der Waals surface area contributed by atoms with Crippen LogP contribution in [-0.4, -0.2) is 23.5 Å². The molecule has 0 aliphatic rings. The minimum absolute atomic E-state index is 0.0740. The van der Waals surface area contributed by atoms with Crippen molar-refractivity contribution in [2.24, 2.45) is 0 Å². The van der Waals surface area contributed by atoms with Gasteiger partial charge in [0.15, 0.2) is 0 Å². The van der Waals surface area contributed by atoms with Gasteiger partial charge in [0.2, 0.25) is 5.91 Å². The van der Waals surface area contributed by atoms with Crippen molar-refractivity contribution >= 4 is 17.6 Å². The second-order valence-electron chi connectivity index (χ2n) is 4.69. The Labute approximate surface area is 123 Å². The molecule has 0 bridgehead atoms. The number of amides is 1. The molecular weight excluding hydrogens is 266 g/mol. The third kappa shape index (κ3) is 4.45. The van der Waals surface area contributed by atoms with Crippen LogP contribution < -0.4 is 4.90 Å². The topological polar surface area (TPSA) is 57.6 Å². The fraction of sp³-hybridized carbons (Fsp3) is 0.176. The van der Waals surface area contributed by atoms with Gasteiger partial charge < -0.3 is 10.0 Å². The summed E-state index contributed by atoms with van der Waals surface area (Å²) in [5, 5.41) is 8.84. The van der Waals surface area contributed by atoms with Crippen molar-refractivity contribution in [1.82, 2.24) is 0 Å². The number of nitrogens with zero attached hydrogens (tertiary/aromatic N) is 1. The first-order valence-electron chi connectivity index (χ1n) is 6.78. The summed E-state index contributed by atoms with van der Waals surface area (Å²) in [5.41, 5.74) is 1.64. The van der Waals surface area contributed by atoms with E-state index in [9.17, 15) is 9.59 Å². The highest BCUT2D eigenvalue weighted by Gasteiger charge is 2.16. The van der Waals surface area contributed by atoms with Crippen LogP contribution in [0.25, 0.3) is 0 Å². The molecule has 0 fully saturated rings. The molecule has 21 heavy (non-hydrogen) atoms. The molecule has 0 heterocycles. The van der Waals surface area contributed by atoms with E-state index in [1.54, 1.807) is 0 Å². The second-order valence-corrected chi connectivity index (χ2v) is 4.69. The van der Waals surface area contributed by atoms with E-state index in [4.69, 9.17) is 5.11 Å². The van der Waals surface area contributed by atoms with Crippen LogP contribution in [-0.2, 0) is 16.0 Å². The van der Waals surface area contributed by atoms with Crippen LogP contribution in [0.3, 0.4) is 0 Å². The fourth-order valence-corrected chi connectivity index (χ4v) is 2.08. The second kappa shape index (κ2) is 7.24. The van der Waals surface area contributed by atoms with Crippen molar-refractivity contribution in [2.45, 2.75) is 12.8 Å². The number of rotatable bonds is 6. The van der Waals surface area contributed by atoms with Gasteiger partial charge in [-0.2, -0.15) is 0 Å². The van der Waals surface area contributed by atoms with Gasteiger partial charge in [0.25, 0.3) is 0 Å². The van der Waals surface area contributed by atoms with Crippen LogP contribution in [0.4, 0.5) is 5.69 Å². The summed E-state index contributed by atoms with van der Waals surface area (Å²) in [7, 11) is 0. The molecule has 0 aromatic heterocycles. The Hall–Kier alpha value is -2.62. The number of benzene rings is 2.